The Hall–Kier alpha value is -0.670. The summed E-state index contributed by atoms with van der Waals surface area (Å²) < 4.78 is 0. The van der Waals surface area contributed by atoms with E-state index in [4.69, 9.17) is 0 Å². The SMILES string of the molecule is C[C@]12CC[C@H]3[C@@H](CCC4=CC(=O)CC[C@@H]43)[C@@H]1C[C@@H](CO)[C@H]2O. The molecule has 0 aliphatic heterocycles. The Kier molecular flexibility index (Phi) is 3.50. The third kappa shape index (κ3) is 1.98. The highest BCUT2D eigenvalue weighted by molar-refractivity contribution is 5.91. The molecule has 4 aliphatic rings. The molecule has 2 N–H and O–H groups in total. The van der Waals surface area contributed by atoms with Gasteiger partial charge in [-0.2, -0.15) is 0 Å². The lowest BCUT2D eigenvalue weighted by Crippen LogP contribution is -2.47. The highest BCUT2D eigenvalue weighted by Crippen LogP contribution is 2.62. The van der Waals surface area contributed by atoms with Crippen molar-refractivity contribution in [1.29, 1.82) is 0 Å². The van der Waals surface area contributed by atoms with E-state index in [-0.39, 0.29) is 24.0 Å². The van der Waals surface area contributed by atoms with Crippen LogP contribution in [0.15, 0.2) is 11.6 Å². The average molecular weight is 304 g/mol. The Bertz CT molecular complexity index is 511. The summed E-state index contributed by atoms with van der Waals surface area (Å²) in [6, 6.07) is 0. The largest absolute Gasteiger partial charge is 0.396 e. The summed E-state index contributed by atoms with van der Waals surface area (Å²) in [5, 5.41) is 20.3. The van der Waals surface area contributed by atoms with Crippen LogP contribution in [0.3, 0.4) is 0 Å². The van der Waals surface area contributed by atoms with Crippen LogP contribution in [-0.4, -0.2) is 28.7 Å². The zero-order valence-electron chi connectivity index (χ0n) is 13.5. The van der Waals surface area contributed by atoms with E-state index >= 15 is 0 Å². The van der Waals surface area contributed by atoms with E-state index in [0.29, 0.717) is 29.5 Å². The first-order chi connectivity index (χ1) is 10.5. The second kappa shape index (κ2) is 5.17. The molecule has 0 unspecified atom stereocenters. The normalized spacial score (nSPS) is 50.9. The molecular weight excluding hydrogens is 276 g/mol. The molecule has 3 fully saturated rings. The number of carbonyl (C=O) groups excluding carboxylic acids is 1. The molecule has 3 saturated carbocycles. The lowest BCUT2D eigenvalue weighted by molar-refractivity contribution is -0.116. The number of fused-ring (bicyclic) bond motifs is 5. The van der Waals surface area contributed by atoms with Crippen molar-refractivity contribution in [1.82, 2.24) is 0 Å². The number of aliphatic hydroxyl groups excluding tert-OH is 2. The van der Waals surface area contributed by atoms with Gasteiger partial charge in [-0.25, -0.2) is 0 Å². The van der Waals surface area contributed by atoms with Crippen LogP contribution in [0.25, 0.3) is 0 Å². The quantitative estimate of drug-likeness (QED) is 0.783. The molecule has 3 nitrogen and oxygen atoms in total. The van der Waals surface area contributed by atoms with Crippen LogP contribution < -0.4 is 0 Å². The van der Waals surface area contributed by atoms with Crippen LogP contribution in [0.2, 0.25) is 0 Å². The summed E-state index contributed by atoms with van der Waals surface area (Å²) in [5.41, 5.74) is 1.42. The van der Waals surface area contributed by atoms with E-state index in [1.54, 1.807) is 0 Å². The van der Waals surface area contributed by atoms with Crippen molar-refractivity contribution < 1.29 is 15.0 Å². The molecule has 0 amide bonds. The van der Waals surface area contributed by atoms with Crippen LogP contribution in [0.5, 0.6) is 0 Å². The minimum Gasteiger partial charge on any atom is -0.396 e. The van der Waals surface area contributed by atoms with E-state index in [0.717, 1.165) is 32.1 Å². The number of aliphatic hydroxyl groups is 2. The van der Waals surface area contributed by atoms with Crippen molar-refractivity contribution in [3.63, 3.8) is 0 Å². The van der Waals surface area contributed by atoms with Gasteiger partial charge in [0.25, 0.3) is 0 Å². The number of rotatable bonds is 1. The van der Waals surface area contributed by atoms with Gasteiger partial charge < -0.3 is 10.2 Å². The first kappa shape index (κ1) is 14.9. The number of ketones is 1. The van der Waals surface area contributed by atoms with E-state index in [2.05, 4.69) is 6.92 Å². The molecular formula is C19H28O3. The molecule has 0 aromatic rings. The third-order valence-corrected chi connectivity index (χ3v) is 7.65. The predicted molar refractivity (Wildman–Crippen MR) is 84.1 cm³/mol. The van der Waals surface area contributed by atoms with Crippen LogP contribution in [0, 0.1) is 35.0 Å². The van der Waals surface area contributed by atoms with Gasteiger partial charge in [0, 0.05) is 18.9 Å². The van der Waals surface area contributed by atoms with Gasteiger partial charge >= 0.3 is 0 Å². The maximum atomic E-state index is 11.7. The van der Waals surface area contributed by atoms with Crippen molar-refractivity contribution in [3.8, 4) is 0 Å². The van der Waals surface area contributed by atoms with Gasteiger partial charge in [-0.1, -0.05) is 12.5 Å². The maximum absolute atomic E-state index is 11.7. The second-order valence-electron chi connectivity index (χ2n) is 8.47. The Morgan fingerprint density at radius 2 is 2.05 bits per heavy atom. The molecule has 0 heterocycles. The highest BCUT2D eigenvalue weighted by Gasteiger charge is 2.58. The summed E-state index contributed by atoms with van der Waals surface area (Å²) in [4.78, 5) is 11.7. The molecule has 0 bridgehead atoms. The topological polar surface area (TPSA) is 57.5 Å². The van der Waals surface area contributed by atoms with Gasteiger partial charge in [0.15, 0.2) is 5.78 Å². The second-order valence-corrected chi connectivity index (χ2v) is 8.47. The predicted octanol–water partition coefficient (Wildman–Crippen LogP) is 2.71. The summed E-state index contributed by atoms with van der Waals surface area (Å²) in [6.45, 7) is 2.37. The third-order valence-electron chi connectivity index (χ3n) is 7.65. The zero-order chi connectivity index (χ0) is 15.5. The molecule has 3 heteroatoms. The van der Waals surface area contributed by atoms with E-state index in [1.807, 2.05) is 6.08 Å². The summed E-state index contributed by atoms with van der Waals surface area (Å²) in [5.74, 6) is 2.95. The zero-order valence-corrected chi connectivity index (χ0v) is 13.5. The molecule has 4 aliphatic carbocycles. The fraction of sp³-hybridized carbons (Fsp3) is 0.842. The van der Waals surface area contributed by atoms with E-state index < -0.39 is 0 Å². The number of hydrogen-bond acceptors (Lipinski definition) is 3. The molecule has 0 saturated heterocycles. The molecule has 0 spiro atoms. The average Bonchev–Trinajstić information content (AvgIpc) is 2.78. The van der Waals surface area contributed by atoms with Gasteiger partial charge in [0.2, 0.25) is 0 Å². The van der Waals surface area contributed by atoms with Gasteiger partial charge in [0.05, 0.1) is 6.10 Å². The van der Waals surface area contributed by atoms with Gasteiger partial charge in [-0.05, 0) is 73.7 Å². The van der Waals surface area contributed by atoms with Crippen LogP contribution in [0.4, 0.5) is 0 Å². The molecule has 0 aromatic carbocycles. The minimum atomic E-state index is -0.340. The van der Waals surface area contributed by atoms with Crippen LogP contribution in [-0.2, 0) is 4.79 Å². The van der Waals surface area contributed by atoms with Gasteiger partial charge in [-0.3, -0.25) is 4.79 Å². The van der Waals surface area contributed by atoms with Crippen molar-refractivity contribution in [2.75, 3.05) is 6.61 Å². The molecule has 4 rings (SSSR count). The van der Waals surface area contributed by atoms with E-state index in [9.17, 15) is 15.0 Å². The Balaban J connectivity index is 1.62. The number of carbonyl (C=O) groups is 1. The fourth-order valence-corrected chi connectivity index (χ4v) is 6.51. The Labute approximate surface area is 132 Å². The number of hydrogen-bond donors (Lipinski definition) is 2. The van der Waals surface area contributed by atoms with Crippen LogP contribution in [0.1, 0.15) is 51.9 Å². The van der Waals surface area contributed by atoms with Crippen molar-refractivity contribution in [2.45, 2.75) is 58.0 Å². The standard InChI is InChI=1S/C19H28O3/c1-19-7-6-15-14-5-3-13(21)8-11(14)2-4-16(15)17(19)9-12(10-20)18(19)22/h8,12,14-18,20,22H,2-7,9-10H2,1H3/t12-,14-,15+,16+,17-,18+,19-/m0/s1. The Morgan fingerprint density at radius 1 is 1.23 bits per heavy atom. The first-order valence-corrected chi connectivity index (χ1v) is 9.07. The molecule has 122 valence electrons. The fourth-order valence-electron chi connectivity index (χ4n) is 6.51. The lowest BCUT2D eigenvalue weighted by Gasteiger charge is -2.53. The molecule has 0 aromatic heterocycles. The molecule has 22 heavy (non-hydrogen) atoms. The monoisotopic (exact) mass is 304 g/mol. The van der Waals surface area contributed by atoms with Gasteiger partial charge in [-0.15, -0.1) is 0 Å². The smallest absolute Gasteiger partial charge is 0.155 e. The van der Waals surface area contributed by atoms with Crippen molar-refractivity contribution in [3.05, 3.63) is 11.6 Å². The van der Waals surface area contributed by atoms with E-state index in [1.165, 1.54) is 18.4 Å². The highest BCUT2D eigenvalue weighted by atomic mass is 16.3. The summed E-state index contributed by atoms with van der Waals surface area (Å²) in [6.07, 6.45) is 8.86. The summed E-state index contributed by atoms with van der Waals surface area (Å²) >= 11 is 0. The van der Waals surface area contributed by atoms with Crippen molar-refractivity contribution >= 4 is 5.78 Å². The van der Waals surface area contributed by atoms with Crippen molar-refractivity contribution in [2.24, 2.45) is 35.0 Å². The lowest BCUT2D eigenvalue weighted by atomic mass is 9.52. The molecule has 0 radical (unpaired) electrons. The molecule has 7 atom stereocenters. The first-order valence-electron chi connectivity index (χ1n) is 9.07. The summed E-state index contributed by atoms with van der Waals surface area (Å²) in [7, 11) is 0. The van der Waals surface area contributed by atoms with Gasteiger partial charge in [0.1, 0.15) is 0 Å². The number of allylic oxidation sites excluding steroid dienone is 1. The Morgan fingerprint density at radius 3 is 2.82 bits per heavy atom. The van der Waals surface area contributed by atoms with Crippen LogP contribution >= 0.6 is 0 Å². The maximum Gasteiger partial charge on any atom is 0.155 e. The minimum absolute atomic E-state index is 0.000265.